The fourth-order valence-corrected chi connectivity index (χ4v) is 28.6. The smallest absolute Gasteiger partial charge is 0.0628 e. The maximum absolute atomic E-state index is 2.53. The van der Waals surface area contributed by atoms with Gasteiger partial charge in [0.15, 0.2) is 0 Å². The lowest BCUT2D eigenvalue weighted by Gasteiger charge is -2.54. The van der Waals surface area contributed by atoms with Crippen LogP contribution in [0.15, 0.2) is 109 Å². The number of rotatable bonds is 3. The molecule has 0 spiro atoms. The Morgan fingerprint density at radius 1 is 0.406 bits per heavy atom. The Labute approximate surface area is 193 Å². The third-order valence-corrected chi connectivity index (χ3v) is 26.5. The van der Waals surface area contributed by atoms with Crippen LogP contribution in [-0.4, -0.2) is 15.2 Å². The van der Waals surface area contributed by atoms with Gasteiger partial charge in [0.2, 0.25) is 0 Å². The van der Waals surface area contributed by atoms with E-state index in [-0.39, 0.29) is 0 Å². The highest BCUT2D eigenvalue weighted by Crippen LogP contribution is 2.37. The first-order valence-electron chi connectivity index (χ1n) is 12.1. The second kappa shape index (κ2) is 8.02. The average molecular weight is 447 g/mol. The van der Waals surface area contributed by atoms with Crippen LogP contribution in [0.25, 0.3) is 0 Å². The average Bonchev–Trinajstić information content (AvgIpc) is 2.89. The summed E-state index contributed by atoms with van der Waals surface area (Å²) in [6, 6.07) is 45.4. The van der Waals surface area contributed by atoms with E-state index in [0.717, 1.165) is 0 Å². The van der Waals surface area contributed by atoms with E-state index in [1.807, 2.05) is 0 Å². The lowest BCUT2D eigenvalue weighted by molar-refractivity contribution is 0.882. The van der Waals surface area contributed by atoms with Crippen molar-refractivity contribution in [3.05, 3.63) is 120 Å². The highest BCUT2D eigenvalue weighted by Gasteiger charge is 2.61. The fraction of sp³-hybridized carbons (Fsp3) is 0.200. The van der Waals surface area contributed by atoms with Gasteiger partial charge in [0.05, 0.1) is 0 Å². The monoisotopic (exact) mass is 446 g/mol. The van der Waals surface area contributed by atoms with Crippen molar-refractivity contribution in [1.82, 2.24) is 0 Å². The first-order valence-corrected chi connectivity index (χ1v) is 17.6. The summed E-state index contributed by atoms with van der Waals surface area (Å²) in [7, 11) is -4.16. The molecule has 0 amide bonds. The highest BCUT2D eigenvalue weighted by atomic mass is 29.3. The van der Waals surface area contributed by atoms with E-state index in [1.165, 1.54) is 37.8 Å². The molecule has 0 fully saturated rings. The van der Waals surface area contributed by atoms with E-state index in [9.17, 15) is 0 Å². The normalized spacial score (nSPS) is 24.4. The number of hydrogen-bond donors (Lipinski definition) is 0. The van der Waals surface area contributed by atoms with Crippen molar-refractivity contribution in [2.45, 2.75) is 37.8 Å². The zero-order valence-electron chi connectivity index (χ0n) is 18.6. The number of aryl methyl sites for hydroxylation is 2. The Morgan fingerprint density at radius 2 is 0.781 bits per heavy atom. The molecule has 2 atom stereocenters. The Kier molecular flexibility index (Phi) is 5.00. The van der Waals surface area contributed by atoms with Crippen LogP contribution >= 0.6 is 0 Å². The minimum Gasteiger partial charge on any atom is -0.0628 e. The first kappa shape index (κ1) is 20.0. The summed E-state index contributed by atoms with van der Waals surface area (Å²) in [6.07, 6.45) is 5.11. The molecule has 2 heterocycles. The zero-order valence-corrected chi connectivity index (χ0v) is 20.6. The Morgan fingerprint density at radius 3 is 1.22 bits per heavy atom. The van der Waals surface area contributed by atoms with Gasteiger partial charge in [-0.2, -0.15) is 0 Å². The summed E-state index contributed by atoms with van der Waals surface area (Å²) >= 11 is 0. The molecule has 4 aromatic carbocycles. The molecular weight excluding hydrogens is 417 g/mol. The molecule has 0 nitrogen and oxygen atoms in total. The van der Waals surface area contributed by atoms with Crippen molar-refractivity contribution < 1.29 is 0 Å². The van der Waals surface area contributed by atoms with Gasteiger partial charge < -0.3 is 0 Å². The summed E-state index contributed by atoms with van der Waals surface area (Å²) < 4.78 is 0. The molecule has 0 saturated heterocycles. The van der Waals surface area contributed by atoms with E-state index in [4.69, 9.17) is 0 Å². The molecule has 2 aliphatic rings. The molecule has 0 saturated carbocycles. The molecule has 0 N–H and O–H groups in total. The van der Waals surface area contributed by atoms with E-state index in [1.54, 1.807) is 31.9 Å². The summed E-state index contributed by atoms with van der Waals surface area (Å²) in [5.41, 5.74) is 3.25. The van der Waals surface area contributed by atoms with Gasteiger partial charge in [-0.25, -0.2) is 0 Å². The van der Waals surface area contributed by atoms with Crippen molar-refractivity contribution in [2.75, 3.05) is 0 Å². The van der Waals surface area contributed by atoms with Gasteiger partial charge in [0.1, 0.15) is 15.2 Å². The van der Waals surface area contributed by atoms with Crippen molar-refractivity contribution in [2.24, 2.45) is 0 Å². The maximum atomic E-state index is 2.53. The fourth-order valence-electron chi connectivity index (χ4n) is 7.09. The molecular formula is C30H30Si2. The van der Waals surface area contributed by atoms with Crippen LogP contribution in [0.5, 0.6) is 0 Å². The topological polar surface area (TPSA) is 0 Å². The maximum Gasteiger partial charge on any atom is 0.121 e. The van der Waals surface area contributed by atoms with E-state index < -0.39 is 15.2 Å². The number of hydrogen-bond acceptors (Lipinski definition) is 0. The van der Waals surface area contributed by atoms with Gasteiger partial charge in [-0.3, -0.25) is 0 Å². The molecule has 0 aliphatic carbocycles. The highest BCUT2D eigenvalue weighted by molar-refractivity contribution is 7.60. The van der Waals surface area contributed by atoms with E-state index >= 15 is 0 Å². The molecule has 0 bridgehead atoms. The molecule has 2 aliphatic heterocycles. The van der Waals surface area contributed by atoms with Crippen LogP contribution in [0.1, 0.15) is 24.0 Å². The molecule has 158 valence electrons. The SMILES string of the molecule is c1ccc([Si@]2([Si@@]3(c4ccccc4)CCCc4ccccc43)CCCc3ccccc32)cc1. The summed E-state index contributed by atoms with van der Waals surface area (Å²) in [6.45, 7) is 0. The standard InChI is InChI=1S/C30H30Si2/c1-3-17-27(18-4-1)31(23-11-15-25-13-7-9-21-29(25)31)32(28-19-5-2-6-20-28)24-12-16-26-14-8-10-22-30(26)32/h1-10,13-14,17-22H,11-12,15-16,23-24H2/t31-,32-/m1/s1. The third kappa shape index (κ3) is 2.79. The lowest BCUT2D eigenvalue weighted by Crippen LogP contribution is -2.87. The Hall–Kier alpha value is -2.69. The molecule has 6 rings (SSSR count). The minimum absolute atomic E-state index is 1.23. The van der Waals surface area contributed by atoms with Gasteiger partial charge in [-0.15, -0.1) is 0 Å². The molecule has 32 heavy (non-hydrogen) atoms. The summed E-state index contributed by atoms with van der Waals surface area (Å²) in [5, 5.41) is 6.81. The molecule has 4 aromatic rings. The van der Waals surface area contributed by atoms with E-state index in [0.29, 0.717) is 0 Å². The van der Waals surface area contributed by atoms with Crippen LogP contribution in [0.3, 0.4) is 0 Å². The minimum atomic E-state index is -2.08. The van der Waals surface area contributed by atoms with Gasteiger partial charge in [0.25, 0.3) is 0 Å². The second-order valence-electron chi connectivity index (χ2n) is 9.56. The zero-order chi connectivity index (χ0) is 21.4. The van der Waals surface area contributed by atoms with Crippen molar-refractivity contribution in [3.8, 4) is 0 Å². The summed E-state index contributed by atoms with van der Waals surface area (Å²) in [4.78, 5) is 0. The Bertz CT molecular complexity index is 1130. The molecule has 0 aromatic heterocycles. The van der Waals surface area contributed by atoms with Gasteiger partial charge in [-0.1, -0.05) is 155 Å². The molecule has 0 radical (unpaired) electrons. The quantitative estimate of drug-likeness (QED) is 0.407. The molecule has 0 unspecified atom stereocenters. The largest absolute Gasteiger partial charge is 0.121 e. The first-order chi connectivity index (χ1) is 15.9. The van der Waals surface area contributed by atoms with Crippen LogP contribution in [0, 0.1) is 0 Å². The van der Waals surface area contributed by atoms with Gasteiger partial charge in [-0.05, 0) is 24.0 Å². The molecule has 2 heteroatoms. The van der Waals surface area contributed by atoms with Gasteiger partial charge in [0, 0.05) is 0 Å². The van der Waals surface area contributed by atoms with Crippen LogP contribution in [0.2, 0.25) is 12.1 Å². The van der Waals surface area contributed by atoms with Gasteiger partial charge >= 0.3 is 0 Å². The second-order valence-corrected chi connectivity index (χ2v) is 21.5. The number of benzene rings is 4. The van der Waals surface area contributed by atoms with E-state index in [2.05, 4.69) is 109 Å². The van der Waals surface area contributed by atoms with Crippen molar-refractivity contribution in [1.29, 1.82) is 0 Å². The van der Waals surface area contributed by atoms with Crippen molar-refractivity contribution >= 4 is 35.9 Å². The summed E-state index contributed by atoms with van der Waals surface area (Å²) in [5.74, 6) is 0. The van der Waals surface area contributed by atoms with Crippen LogP contribution in [-0.2, 0) is 12.8 Å². The number of fused-ring (bicyclic) bond motifs is 2. The van der Waals surface area contributed by atoms with Crippen molar-refractivity contribution in [3.63, 3.8) is 0 Å². The Balaban J connectivity index is 1.79. The predicted molar refractivity (Wildman–Crippen MR) is 142 cm³/mol. The third-order valence-electron chi connectivity index (χ3n) is 8.21. The predicted octanol–water partition coefficient (Wildman–Crippen LogP) is 4.48. The lowest BCUT2D eigenvalue weighted by atomic mass is 10.1. The van der Waals surface area contributed by atoms with Crippen LogP contribution < -0.4 is 20.7 Å². The van der Waals surface area contributed by atoms with Crippen LogP contribution in [0.4, 0.5) is 0 Å².